The Labute approximate surface area is 115 Å². The summed E-state index contributed by atoms with van der Waals surface area (Å²) in [6.45, 7) is 11.9. The van der Waals surface area contributed by atoms with E-state index in [0.717, 1.165) is 18.4 Å². The number of esters is 1. The lowest BCUT2D eigenvalue weighted by Gasteiger charge is -2.45. The Morgan fingerprint density at radius 2 is 2.05 bits per heavy atom. The van der Waals surface area contributed by atoms with Crippen molar-refractivity contribution in [3.63, 3.8) is 0 Å². The molecule has 1 fully saturated rings. The first-order chi connectivity index (χ1) is 8.75. The molecule has 0 heterocycles. The SMILES string of the molecule is C=C1CC[C@H](COC(C)=O)C(C)(C)C1/C=C/C(C)=O. The first kappa shape index (κ1) is 15.7. The van der Waals surface area contributed by atoms with Gasteiger partial charge in [0.2, 0.25) is 0 Å². The largest absolute Gasteiger partial charge is 0.466 e. The smallest absolute Gasteiger partial charge is 0.302 e. The molecular formula is C16H24O3. The third-order valence-corrected chi connectivity index (χ3v) is 4.12. The fraction of sp³-hybridized carbons (Fsp3) is 0.625. The molecule has 0 saturated heterocycles. The highest BCUT2D eigenvalue weighted by Gasteiger charge is 2.41. The van der Waals surface area contributed by atoms with Crippen molar-refractivity contribution >= 4 is 11.8 Å². The highest BCUT2D eigenvalue weighted by molar-refractivity contribution is 5.87. The van der Waals surface area contributed by atoms with Crippen molar-refractivity contribution in [1.29, 1.82) is 0 Å². The van der Waals surface area contributed by atoms with E-state index in [1.807, 2.05) is 6.08 Å². The van der Waals surface area contributed by atoms with Crippen molar-refractivity contribution in [2.45, 2.75) is 40.5 Å². The molecule has 1 unspecified atom stereocenters. The van der Waals surface area contributed by atoms with E-state index in [-0.39, 0.29) is 23.1 Å². The average molecular weight is 264 g/mol. The summed E-state index contributed by atoms with van der Waals surface area (Å²) in [6, 6.07) is 0. The van der Waals surface area contributed by atoms with Crippen molar-refractivity contribution in [1.82, 2.24) is 0 Å². The van der Waals surface area contributed by atoms with Crippen LogP contribution in [-0.2, 0) is 14.3 Å². The summed E-state index contributed by atoms with van der Waals surface area (Å²) in [6.07, 6.45) is 5.46. The maximum absolute atomic E-state index is 11.1. The van der Waals surface area contributed by atoms with Crippen LogP contribution in [-0.4, -0.2) is 18.4 Å². The molecule has 0 radical (unpaired) electrons. The highest BCUT2D eigenvalue weighted by atomic mass is 16.5. The van der Waals surface area contributed by atoms with Gasteiger partial charge in [-0.2, -0.15) is 0 Å². The molecule has 0 aliphatic heterocycles. The molecular weight excluding hydrogens is 240 g/mol. The fourth-order valence-electron chi connectivity index (χ4n) is 2.80. The molecule has 1 aliphatic carbocycles. The highest BCUT2D eigenvalue weighted by Crippen LogP contribution is 2.47. The lowest BCUT2D eigenvalue weighted by atomic mass is 9.60. The molecule has 0 spiro atoms. The van der Waals surface area contributed by atoms with E-state index in [9.17, 15) is 9.59 Å². The lowest BCUT2D eigenvalue weighted by molar-refractivity contribution is -0.144. The molecule has 0 amide bonds. The van der Waals surface area contributed by atoms with E-state index >= 15 is 0 Å². The van der Waals surface area contributed by atoms with Gasteiger partial charge in [0.15, 0.2) is 5.78 Å². The number of carbonyl (C=O) groups excluding carboxylic acids is 2. The van der Waals surface area contributed by atoms with Gasteiger partial charge in [-0.1, -0.05) is 32.1 Å². The second kappa shape index (κ2) is 6.18. The number of ketones is 1. The van der Waals surface area contributed by atoms with Gasteiger partial charge in [0.25, 0.3) is 0 Å². The Bertz CT molecular complexity index is 404. The standard InChI is InChI=1S/C16H24O3/c1-11-6-8-14(10-19-13(3)18)16(4,5)15(11)9-7-12(2)17/h7,9,14-15H,1,6,8,10H2,2-5H3/b9-7+/t14-,15?/m1/s1. The normalized spacial score (nSPS) is 26.4. The van der Waals surface area contributed by atoms with Crippen LogP contribution >= 0.6 is 0 Å². The summed E-state index contributed by atoms with van der Waals surface area (Å²) in [7, 11) is 0. The molecule has 1 aliphatic rings. The first-order valence-corrected chi connectivity index (χ1v) is 6.75. The number of rotatable bonds is 4. The average Bonchev–Trinajstić information content (AvgIpc) is 2.26. The van der Waals surface area contributed by atoms with Crippen LogP contribution in [0, 0.1) is 17.3 Å². The summed E-state index contributed by atoms with van der Waals surface area (Å²) in [4.78, 5) is 22.1. The molecule has 106 valence electrons. The number of hydrogen-bond acceptors (Lipinski definition) is 3. The molecule has 3 heteroatoms. The molecule has 0 aromatic carbocycles. The Kier molecular flexibility index (Phi) is 5.10. The molecule has 0 aromatic rings. The number of hydrogen-bond donors (Lipinski definition) is 0. The summed E-state index contributed by atoms with van der Waals surface area (Å²) in [5.41, 5.74) is 1.10. The maximum atomic E-state index is 11.1. The Morgan fingerprint density at radius 1 is 1.42 bits per heavy atom. The van der Waals surface area contributed by atoms with Gasteiger partial charge in [-0.3, -0.25) is 9.59 Å². The fourth-order valence-corrected chi connectivity index (χ4v) is 2.80. The minimum absolute atomic E-state index is 0.0470. The number of carbonyl (C=O) groups is 2. The van der Waals surface area contributed by atoms with Gasteiger partial charge >= 0.3 is 5.97 Å². The van der Waals surface area contributed by atoms with Crippen LogP contribution in [0.1, 0.15) is 40.5 Å². The predicted molar refractivity (Wildman–Crippen MR) is 75.6 cm³/mol. The molecule has 1 rings (SSSR count). The number of allylic oxidation sites excluding steroid dienone is 3. The van der Waals surface area contributed by atoms with Crippen LogP contribution < -0.4 is 0 Å². The lowest BCUT2D eigenvalue weighted by Crippen LogP contribution is -2.39. The minimum atomic E-state index is -0.240. The van der Waals surface area contributed by atoms with Crippen LogP contribution in [0.15, 0.2) is 24.3 Å². The number of ether oxygens (including phenoxy) is 1. The summed E-state index contributed by atoms with van der Waals surface area (Å²) in [5.74, 6) is 0.260. The van der Waals surface area contributed by atoms with Crippen molar-refractivity contribution in [3.8, 4) is 0 Å². The van der Waals surface area contributed by atoms with Gasteiger partial charge in [0.1, 0.15) is 0 Å². The van der Waals surface area contributed by atoms with Gasteiger partial charge in [0.05, 0.1) is 6.61 Å². The second-order valence-corrected chi connectivity index (χ2v) is 5.97. The Hall–Kier alpha value is -1.38. The Morgan fingerprint density at radius 3 is 2.58 bits per heavy atom. The first-order valence-electron chi connectivity index (χ1n) is 6.75. The topological polar surface area (TPSA) is 43.4 Å². The van der Waals surface area contributed by atoms with Gasteiger partial charge < -0.3 is 4.74 Å². The summed E-state index contributed by atoms with van der Waals surface area (Å²) in [5, 5.41) is 0. The molecule has 0 bridgehead atoms. The zero-order valence-electron chi connectivity index (χ0n) is 12.4. The van der Waals surface area contributed by atoms with Crippen LogP contribution in [0.4, 0.5) is 0 Å². The van der Waals surface area contributed by atoms with Crippen molar-refractivity contribution < 1.29 is 14.3 Å². The molecule has 3 nitrogen and oxygen atoms in total. The zero-order chi connectivity index (χ0) is 14.6. The van der Waals surface area contributed by atoms with E-state index in [1.165, 1.54) is 6.92 Å². The van der Waals surface area contributed by atoms with Crippen molar-refractivity contribution in [3.05, 3.63) is 24.3 Å². The second-order valence-electron chi connectivity index (χ2n) is 5.97. The van der Waals surface area contributed by atoms with E-state index in [1.54, 1.807) is 13.0 Å². The van der Waals surface area contributed by atoms with Gasteiger partial charge in [0, 0.05) is 12.8 Å². The molecule has 2 atom stereocenters. The van der Waals surface area contributed by atoms with Gasteiger partial charge in [-0.25, -0.2) is 0 Å². The zero-order valence-corrected chi connectivity index (χ0v) is 12.4. The van der Waals surface area contributed by atoms with Crippen molar-refractivity contribution in [2.24, 2.45) is 17.3 Å². The molecule has 0 N–H and O–H groups in total. The Balaban J connectivity index is 2.86. The minimum Gasteiger partial charge on any atom is -0.466 e. The summed E-state index contributed by atoms with van der Waals surface area (Å²) >= 11 is 0. The van der Waals surface area contributed by atoms with Gasteiger partial charge in [-0.05, 0) is 37.2 Å². The van der Waals surface area contributed by atoms with Crippen LogP contribution in [0.3, 0.4) is 0 Å². The quantitative estimate of drug-likeness (QED) is 0.444. The maximum Gasteiger partial charge on any atom is 0.302 e. The predicted octanol–water partition coefficient (Wildman–Crippen LogP) is 3.30. The van der Waals surface area contributed by atoms with Gasteiger partial charge in [-0.15, -0.1) is 0 Å². The molecule has 0 aromatic heterocycles. The van der Waals surface area contributed by atoms with Crippen LogP contribution in [0.2, 0.25) is 0 Å². The van der Waals surface area contributed by atoms with E-state index in [0.29, 0.717) is 12.5 Å². The van der Waals surface area contributed by atoms with E-state index < -0.39 is 0 Å². The van der Waals surface area contributed by atoms with E-state index in [2.05, 4.69) is 20.4 Å². The summed E-state index contributed by atoms with van der Waals surface area (Å²) < 4.78 is 5.17. The monoisotopic (exact) mass is 264 g/mol. The molecule has 1 saturated carbocycles. The van der Waals surface area contributed by atoms with Crippen LogP contribution in [0.25, 0.3) is 0 Å². The van der Waals surface area contributed by atoms with Crippen LogP contribution in [0.5, 0.6) is 0 Å². The molecule has 19 heavy (non-hydrogen) atoms. The van der Waals surface area contributed by atoms with E-state index in [4.69, 9.17) is 4.74 Å². The third kappa shape index (κ3) is 4.05. The third-order valence-electron chi connectivity index (χ3n) is 4.12. The van der Waals surface area contributed by atoms with Crippen molar-refractivity contribution in [2.75, 3.05) is 6.61 Å².